The molecule has 2 bridgehead atoms. The van der Waals surface area contributed by atoms with Gasteiger partial charge in [0, 0.05) is 50.2 Å². The molecule has 26 heavy (non-hydrogen) atoms. The molecular formula is C21H30N2O3. The van der Waals surface area contributed by atoms with Crippen LogP contribution in [0.4, 0.5) is 0 Å². The second kappa shape index (κ2) is 7.29. The van der Waals surface area contributed by atoms with E-state index in [0.29, 0.717) is 23.4 Å². The summed E-state index contributed by atoms with van der Waals surface area (Å²) in [5, 5.41) is 0. The minimum atomic E-state index is -0.375. The van der Waals surface area contributed by atoms with Crippen LogP contribution in [0.3, 0.4) is 0 Å². The standard InChI is InChI=1S/C21H30N2O3/c1-25-21(16-6-2-5-15(11-16)20(22)24)17-7-3-8-18(21)13-23(12-17)19-9-4-10-26-14-19/h2,5-6,11,17-19H,3-4,7-10,12-14H2,1H3,(H2,22,24). The lowest BCUT2D eigenvalue weighted by molar-refractivity contribution is -0.179. The van der Waals surface area contributed by atoms with Crippen LogP contribution in [0.5, 0.6) is 0 Å². The number of piperidine rings is 1. The maximum atomic E-state index is 11.7. The molecule has 5 heteroatoms. The van der Waals surface area contributed by atoms with Gasteiger partial charge in [-0.15, -0.1) is 0 Å². The van der Waals surface area contributed by atoms with Gasteiger partial charge in [0.25, 0.3) is 0 Å². The molecule has 2 heterocycles. The molecule has 3 fully saturated rings. The van der Waals surface area contributed by atoms with E-state index in [1.165, 1.54) is 12.8 Å². The molecule has 1 aromatic rings. The zero-order valence-electron chi connectivity index (χ0n) is 15.7. The van der Waals surface area contributed by atoms with Crippen LogP contribution in [0, 0.1) is 11.8 Å². The summed E-state index contributed by atoms with van der Waals surface area (Å²) in [6.45, 7) is 3.84. The predicted molar refractivity (Wildman–Crippen MR) is 99.9 cm³/mol. The molecule has 0 aromatic heterocycles. The highest BCUT2D eigenvalue weighted by atomic mass is 16.5. The van der Waals surface area contributed by atoms with Crippen molar-refractivity contribution in [3.63, 3.8) is 0 Å². The second-order valence-electron chi connectivity index (χ2n) is 8.09. The van der Waals surface area contributed by atoms with Crippen molar-refractivity contribution in [2.45, 2.75) is 43.7 Å². The van der Waals surface area contributed by atoms with E-state index in [2.05, 4.69) is 11.0 Å². The quantitative estimate of drug-likeness (QED) is 0.898. The Morgan fingerprint density at radius 1 is 1.23 bits per heavy atom. The van der Waals surface area contributed by atoms with E-state index in [4.69, 9.17) is 15.2 Å². The maximum absolute atomic E-state index is 11.7. The summed E-state index contributed by atoms with van der Waals surface area (Å²) < 4.78 is 12.0. The molecule has 142 valence electrons. The fourth-order valence-electron chi connectivity index (χ4n) is 5.62. The van der Waals surface area contributed by atoms with Gasteiger partial charge in [-0.3, -0.25) is 9.69 Å². The van der Waals surface area contributed by atoms with Crippen LogP contribution in [0.15, 0.2) is 24.3 Å². The van der Waals surface area contributed by atoms with Gasteiger partial charge in [0.05, 0.1) is 6.61 Å². The molecule has 2 saturated heterocycles. The maximum Gasteiger partial charge on any atom is 0.248 e. The minimum absolute atomic E-state index is 0.310. The van der Waals surface area contributed by atoms with Crippen LogP contribution in [0.1, 0.15) is 48.0 Å². The van der Waals surface area contributed by atoms with Crippen LogP contribution in [-0.4, -0.2) is 50.3 Å². The Morgan fingerprint density at radius 2 is 2.00 bits per heavy atom. The molecule has 1 aliphatic carbocycles. The smallest absolute Gasteiger partial charge is 0.248 e. The van der Waals surface area contributed by atoms with Crippen LogP contribution < -0.4 is 5.73 Å². The number of hydrogen-bond acceptors (Lipinski definition) is 4. The van der Waals surface area contributed by atoms with Gasteiger partial charge in [-0.2, -0.15) is 0 Å². The summed E-state index contributed by atoms with van der Waals surface area (Å²) in [4.78, 5) is 14.3. The Morgan fingerprint density at radius 3 is 2.62 bits per heavy atom. The zero-order chi connectivity index (χ0) is 18.1. The summed E-state index contributed by atoms with van der Waals surface area (Å²) in [5.41, 5.74) is 6.91. The molecule has 3 unspecified atom stereocenters. The van der Waals surface area contributed by atoms with Gasteiger partial charge < -0.3 is 15.2 Å². The Kier molecular flexibility index (Phi) is 5.04. The molecule has 1 amide bonds. The lowest BCUT2D eigenvalue weighted by Crippen LogP contribution is -2.61. The van der Waals surface area contributed by atoms with E-state index in [0.717, 1.165) is 51.1 Å². The number of ether oxygens (including phenoxy) is 2. The largest absolute Gasteiger partial charge is 0.380 e. The molecule has 3 atom stereocenters. The van der Waals surface area contributed by atoms with Crippen molar-refractivity contribution in [1.82, 2.24) is 4.90 Å². The first-order chi connectivity index (χ1) is 12.6. The van der Waals surface area contributed by atoms with Gasteiger partial charge in [-0.1, -0.05) is 18.6 Å². The van der Waals surface area contributed by atoms with Crippen molar-refractivity contribution in [3.8, 4) is 0 Å². The first kappa shape index (κ1) is 18.0. The molecule has 3 aliphatic rings. The molecule has 2 N–H and O–H groups in total. The third-order valence-corrected chi connectivity index (χ3v) is 6.82. The topological polar surface area (TPSA) is 64.8 Å². The van der Waals surface area contributed by atoms with E-state index < -0.39 is 0 Å². The van der Waals surface area contributed by atoms with Gasteiger partial charge >= 0.3 is 0 Å². The lowest BCUT2D eigenvalue weighted by atomic mass is 9.62. The first-order valence-corrected chi connectivity index (χ1v) is 9.92. The van der Waals surface area contributed by atoms with E-state index >= 15 is 0 Å². The highest BCUT2D eigenvalue weighted by molar-refractivity contribution is 5.92. The first-order valence-electron chi connectivity index (χ1n) is 9.92. The van der Waals surface area contributed by atoms with Crippen LogP contribution >= 0.6 is 0 Å². The molecule has 1 saturated carbocycles. The van der Waals surface area contributed by atoms with E-state index in [1.807, 2.05) is 19.2 Å². The fourth-order valence-corrected chi connectivity index (χ4v) is 5.62. The van der Waals surface area contributed by atoms with E-state index in [9.17, 15) is 4.79 Å². The predicted octanol–water partition coefficient (Wildman–Crippen LogP) is 2.54. The summed E-state index contributed by atoms with van der Waals surface area (Å²) >= 11 is 0. The van der Waals surface area contributed by atoms with Crippen molar-refractivity contribution in [2.24, 2.45) is 17.6 Å². The van der Waals surface area contributed by atoms with E-state index in [-0.39, 0.29) is 11.5 Å². The summed E-state index contributed by atoms with van der Waals surface area (Å²) in [6.07, 6.45) is 5.97. The van der Waals surface area contributed by atoms with Crippen LogP contribution in [0.25, 0.3) is 0 Å². The number of primary amides is 1. The van der Waals surface area contributed by atoms with Gasteiger partial charge in [0.2, 0.25) is 5.91 Å². The third kappa shape index (κ3) is 2.96. The zero-order valence-corrected chi connectivity index (χ0v) is 15.7. The average Bonchev–Trinajstić information content (AvgIpc) is 2.67. The summed E-state index contributed by atoms with van der Waals surface area (Å²) in [6, 6.07) is 8.34. The molecule has 2 aliphatic heterocycles. The highest BCUT2D eigenvalue weighted by Gasteiger charge is 2.54. The number of fused-ring (bicyclic) bond motifs is 2. The van der Waals surface area contributed by atoms with Crippen LogP contribution in [-0.2, 0) is 15.1 Å². The number of methoxy groups -OCH3 is 1. The molecule has 1 aromatic carbocycles. The number of likely N-dealkylation sites (tertiary alicyclic amines) is 1. The lowest BCUT2D eigenvalue weighted by Gasteiger charge is -2.57. The van der Waals surface area contributed by atoms with Gasteiger partial charge in [-0.25, -0.2) is 0 Å². The number of amides is 1. The summed E-state index contributed by atoms with van der Waals surface area (Å²) in [7, 11) is 1.83. The van der Waals surface area contributed by atoms with Crippen molar-refractivity contribution < 1.29 is 14.3 Å². The highest BCUT2D eigenvalue weighted by Crippen LogP contribution is 2.52. The van der Waals surface area contributed by atoms with Crippen molar-refractivity contribution >= 4 is 5.91 Å². The second-order valence-corrected chi connectivity index (χ2v) is 8.09. The van der Waals surface area contributed by atoms with Gasteiger partial charge in [-0.05, 0) is 43.4 Å². The Hall–Kier alpha value is -1.43. The molecular weight excluding hydrogens is 328 g/mol. The van der Waals surface area contributed by atoms with Gasteiger partial charge in [0.15, 0.2) is 0 Å². The molecule has 0 radical (unpaired) electrons. The molecule has 5 nitrogen and oxygen atoms in total. The normalized spacial score (nSPS) is 35.2. The van der Waals surface area contributed by atoms with Crippen molar-refractivity contribution in [2.75, 3.05) is 33.4 Å². The number of carbonyl (C=O) groups is 1. The van der Waals surface area contributed by atoms with Crippen LogP contribution in [0.2, 0.25) is 0 Å². The third-order valence-electron chi connectivity index (χ3n) is 6.82. The number of nitrogens with two attached hydrogens (primary N) is 1. The number of benzene rings is 1. The Balaban J connectivity index is 1.66. The van der Waals surface area contributed by atoms with Gasteiger partial charge in [0.1, 0.15) is 5.60 Å². The monoisotopic (exact) mass is 358 g/mol. The van der Waals surface area contributed by atoms with Crippen molar-refractivity contribution in [3.05, 3.63) is 35.4 Å². The van der Waals surface area contributed by atoms with Crippen molar-refractivity contribution in [1.29, 1.82) is 0 Å². The number of nitrogens with zero attached hydrogens (tertiary/aromatic N) is 1. The number of hydrogen-bond donors (Lipinski definition) is 1. The average molecular weight is 358 g/mol. The summed E-state index contributed by atoms with van der Waals surface area (Å²) in [5.74, 6) is 0.496. The SMILES string of the molecule is COC1(c2cccc(C(N)=O)c2)C2CCCC1CN(C1CCCOC1)C2. The van der Waals surface area contributed by atoms with E-state index in [1.54, 1.807) is 6.07 Å². The Bertz CT molecular complexity index is 642. The minimum Gasteiger partial charge on any atom is -0.380 e. The Labute approximate surface area is 155 Å². The molecule has 4 rings (SSSR count). The number of rotatable bonds is 4. The fraction of sp³-hybridized carbons (Fsp3) is 0.667. The molecule has 0 spiro atoms. The number of carbonyl (C=O) groups excluding carboxylic acids is 1.